The third-order valence-electron chi connectivity index (χ3n) is 3.88. The second-order valence-electron chi connectivity index (χ2n) is 5.86. The minimum absolute atomic E-state index is 0.0561. The van der Waals surface area contributed by atoms with Gasteiger partial charge in [0.05, 0.1) is 11.0 Å². The van der Waals surface area contributed by atoms with E-state index in [1.807, 2.05) is 6.92 Å². The highest BCUT2D eigenvalue weighted by Crippen LogP contribution is 2.19. The lowest BCUT2D eigenvalue weighted by Gasteiger charge is -2.34. The fraction of sp³-hybridized carbons (Fsp3) is 0.857. The number of rotatable bonds is 6. The molecule has 3 N–H and O–H groups in total. The molecule has 1 rings (SSSR count). The number of carbonyl (C=O) groups is 1. The summed E-state index contributed by atoms with van der Waals surface area (Å²) in [5.41, 5.74) is 5.68. The number of amides is 1. The van der Waals surface area contributed by atoms with Gasteiger partial charge in [-0.15, -0.1) is 0 Å². The van der Waals surface area contributed by atoms with Gasteiger partial charge in [0.1, 0.15) is 0 Å². The Morgan fingerprint density at radius 2 is 1.95 bits per heavy atom. The molecule has 0 spiro atoms. The Hall–Kier alpha value is -0.680. The summed E-state index contributed by atoms with van der Waals surface area (Å²) in [7, 11) is 0. The van der Waals surface area contributed by atoms with Crippen LogP contribution in [0.1, 0.15) is 40.0 Å². The average Bonchev–Trinajstić information content (AvgIpc) is 2.37. The van der Waals surface area contributed by atoms with Crippen molar-refractivity contribution >= 4 is 23.1 Å². The summed E-state index contributed by atoms with van der Waals surface area (Å²) in [6.07, 6.45) is 2.97. The van der Waals surface area contributed by atoms with E-state index in [1.165, 1.54) is 0 Å². The Morgan fingerprint density at radius 3 is 2.42 bits per heavy atom. The molecule has 1 aliphatic rings. The zero-order valence-corrected chi connectivity index (χ0v) is 13.1. The van der Waals surface area contributed by atoms with Gasteiger partial charge in [0.25, 0.3) is 0 Å². The zero-order chi connectivity index (χ0) is 14.4. The number of nitrogens with one attached hydrogen (secondary N) is 1. The maximum absolute atomic E-state index is 12.0. The van der Waals surface area contributed by atoms with E-state index >= 15 is 0 Å². The number of piperidine rings is 1. The molecule has 1 amide bonds. The van der Waals surface area contributed by atoms with Crippen LogP contribution in [-0.4, -0.2) is 41.5 Å². The van der Waals surface area contributed by atoms with Crippen LogP contribution in [0.15, 0.2) is 0 Å². The van der Waals surface area contributed by atoms with Crippen LogP contribution in [0.5, 0.6) is 0 Å². The summed E-state index contributed by atoms with van der Waals surface area (Å²) in [6.45, 7) is 8.88. The molecule has 19 heavy (non-hydrogen) atoms. The van der Waals surface area contributed by atoms with Crippen molar-refractivity contribution < 1.29 is 4.79 Å². The van der Waals surface area contributed by atoms with Crippen molar-refractivity contribution in [3.05, 3.63) is 0 Å². The SMILES string of the molecule is CC(C)CCNC(=O)C(C)N1CCC(C(N)=S)CC1. The summed E-state index contributed by atoms with van der Waals surface area (Å²) < 4.78 is 0. The van der Waals surface area contributed by atoms with Gasteiger partial charge < -0.3 is 11.1 Å². The Bertz CT molecular complexity index is 312. The maximum atomic E-state index is 12.0. The second kappa shape index (κ2) is 7.80. The van der Waals surface area contributed by atoms with Crippen molar-refractivity contribution in [2.24, 2.45) is 17.6 Å². The molecule has 5 heteroatoms. The van der Waals surface area contributed by atoms with E-state index < -0.39 is 0 Å². The van der Waals surface area contributed by atoms with Gasteiger partial charge in [-0.05, 0) is 45.2 Å². The van der Waals surface area contributed by atoms with Crippen molar-refractivity contribution in [3.63, 3.8) is 0 Å². The molecule has 1 unspecified atom stereocenters. The molecule has 0 saturated carbocycles. The molecule has 110 valence electrons. The molecule has 0 bridgehead atoms. The van der Waals surface area contributed by atoms with Gasteiger partial charge in [0.15, 0.2) is 0 Å². The second-order valence-corrected chi connectivity index (χ2v) is 6.33. The minimum atomic E-state index is -0.0561. The number of nitrogens with two attached hydrogens (primary N) is 1. The van der Waals surface area contributed by atoms with Crippen LogP contribution in [-0.2, 0) is 4.79 Å². The first-order valence-electron chi connectivity index (χ1n) is 7.23. The van der Waals surface area contributed by atoms with Gasteiger partial charge >= 0.3 is 0 Å². The zero-order valence-electron chi connectivity index (χ0n) is 12.3. The molecule has 0 radical (unpaired) electrons. The van der Waals surface area contributed by atoms with Gasteiger partial charge in [0, 0.05) is 12.5 Å². The van der Waals surface area contributed by atoms with Gasteiger partial charge in [-0.3, -0.25) is 9.69 Å². The normalized spacial score (nSPS) is 19.4. The van der Waals surface area contributed by atoms with E-state index in [2.05, 4.69) is 24.1 Å². The predicted octanol–water partition coefficient (Wildman–Crippen LogP) is 1.54. The lowest BCUT2D eigenvalue weighted by Crippen LogP contribution is -2.49. The van der Waals surface area contributed by atoms with Crippen LogP contribution in [0.25, 0.3) is 0 Å². The summed E-state index contributed by atoms with van der Waals surface area (Å²) in [4.78, 5) is 14.9. The summed E-state index contributed by atoms with van der Waals surface area (Å²) in [6, 6.07) is -0.0561. The Labute approximate surface area is 122 Å². The molecule has 1 heterocycles. The Balaban J connectivity index is 2.31. The largest absolute Gasteiger partial charge is 0.393 e. The number of likely N-dealkylation sites (tertiary alicyclic amines) is 1. The summed E-state index contributed by atoms with van der Waals surface area (Å²) >= 11 is 5.03. The number of hydrogen-bond acceptors (Lipinski definition) is 3. The van der Waals surface area contributed by atoms with Crippen molar-refractivity contribution in [2.45, 2.75) is 46.1 Å². The van der Waals surface area contributed by atoms with Crippen LogP contribution in [0.4, 0.5) is 0 Å². The lowest BCUT2D eigenvalue weighted by molar-refractivity contribution is -0.126. The van der Waals surface area contributed by atoms with Crippen LogP contribution < -0.4 is 11.1 Å². The highest BCUT2D eigenvalue weighted by Gasteiger charge is 2.27. The van der Waals surface area contributed by atoms with Crippen molar-refractivity contribution in [2.75, 3.05) is 19.6 Å². The first-order chi connectivity index (χ1) is 8.91. The molecule has 0 aromatic rings. The molecule has 0 aromatic heterocycles. The maximum Gasteiger partial charge on any atom is 0.237 e. The monoisotopic (exact) mass is 285 g/mol. The van der Waals surface area contributed by atoms with Gasteiger partial charge in [-0.2, -0.15) is 0 Å². The Morgan fingerprint density at radius 1 is 1.37 bits per heavy atom. The van der Waals surface area contributed by atoms with Crippen LogP contribution >= 0.6 is 12.2 Å². The molecular formula is C14H27N3OS. The molecular weight excluding hydrogens is 258 g/mol. The number of thiocarbonyl (C=S) groups is 1. The molecule has 1 atom stereocenters. The van der Waals surface area contributed by atoms with Gasteiger partial charge in [-0.25, -0.2) is 0 Å². The molecule has 4 nitrogen and oxygen atoms in total. The quantitative estimate of drug-likeness (QED) is 0.727. The van der Waals surface area contributed by atoms with Gasteiger partial charge in [0.2, 0.25) is 5.91 Å². The summed E-state index contributed by atoms with van der Waals surface area (Å²) in [5, 5.41) is 3.01. The molecule has 1 fully saturated rings. The number of nitrogens with zero attached hydrogens (tertiary/aromatic N) is 1. The van der Waals surface area contributed by atoms with Crippen molar-refractivity contribution in [3.8, 4) is 0 Å². The highest BCUT2D eigenvalue weighted by atomic mass is 32.1. The molecule has 1 aliphatic heterocycles. The average molecular weight is 285 g/mol. The van der Waals surface area contributed by atoms with Crippen LogP contribution in [0.3, 0.4) is 0 Å². The standard InChI is InChI=1S/C14H27N3OS/c1-10(2)4-7-16-14(18)11(3)17-8-5-12(6-9-17)13(15)19/h10-12H,4-9H2,1-3H3,(H2,15,19)(H,16,18). The predicted molar refractivity (Wildman–Crippen MR) is 83.0 cm³/mol. The fourth-order valence-electron chi connectivity index (χ4n) is 2.37. The molecule has 0 aromatic carbocycles. The third kappa shape index (κ3) is 5.45. The first-order valence-corrected chi connectivity index (χ1v) is 7.63. The van der Waals surface area contributed by atoms with Crippen LogP contribution in [0.2, 0.25) is 0 Å². The van der Waals surface area contributed by atoms with Gasteiger partial charge in [-0.1, -0.05) is 26.1 Å². The minimum Gasteiger partial charge on any atom is -0.393 e. The van der Waals surface area contributed by atoms with E-state index in [-0.39, 0.29) is 11.9 Å². The van der Waals surface area contributed by atoms with E-state index in [0.29, 0.717) is 16.8 Å². The topological polar surface area (TPSA) is 58.4 Å². The number of hydrogen-bond donors (Lipinski definition) is 2. The van der Waals surface area contributed by atoms with E-state index in [9.17, 15) is 4.79 Å². The van der Waals surface area contributed by atoms with Crippen molar-refractivity contribution in [1.29, 1.82) is 0 Å². The Kier molecular flexibility index (Phi) is 6.72. The lowest BCUT2D eigenvalue weighted by atomic mass is 9.96. The van der Waals surface area contributed by atoms with Crippen LogP contribution in [0, 0.1) is 11.8 Å². The van der Waals surface area contributed by atoms with E-state index in [4.69, 9.17) is 18.0 Å². The molecule has 0 aliphatic carbocycles. The summed E-state index contributed by atoms with van der Waals surface area (Å²) in [5.74, 6) is 1.11. The number of carbonyl (C=O) groups excluding carboxylic acids is 1. The van der Waals surface area contributed by atoms with Crippen molar-refractivity contribution in [1.82, 2.24) is 10.2 Å². The highest BCUT2D eigenvalue weighted by molar-refractivity contribution is 7.80. The smallest absolute Gasteiger partial charge is 0.237 e. The molecule has 1 saturated heterocycles. The fourth-order valence-corrected chi connectivity index (χ4v) is 2.60. The first kappa shape index (κ1) is 16.4. The third-order valence-corrected chi connectivity index (χ3v) is 4.21. The van der Waals surface area contributed by atoms with E-state index in [1.54, 1.807) is 0 Å². The van der Waals surface area contributed by atoms with E-state index in [0.717, 1.165) is 38.9 Å².